The van der Waals surface area contributed by atoms with Crippen molar-refractivity contribution >= 4 is 22.8 Å². The molecule has 2 atom stereocenters. The number of fused-ring (bicyclic) bond motifs is 5. The lowest BCUT2D eigenvalue weighted by atomic mass is 9.79. The van der Waals surface area contributed by atoms with Crippen LogP contribution < -0.4 is 9.47 Å². The monoisotopic (exact) mass is 520 g/mol. The van der Waals surface area contributed by atoms with E-state index in [0.717, 1.165) is 66.2 Å². The molecule has 1 aromatic heterocycles. The number of likely N-dealkylation sites (N-methyl/N-ethyl adjacent to an activating group) is 1. The molecular weight excluding hydrogens is 488 g/mol. The van der Waals surface area contributed by atoms with Gasteiger partial charge in [0.2, 0.25) is 0 Å². The maximum Gasteiger partial charge on any atom is 0.342 e. The molecular formula is C28H32N4O6. The zero-order chi connectivity index (χ0) is 26.2. The summed E-state index contributed by atoms with van der Waals surface area (Å²) in [5, 5.41) is 12.3. The Bertz CT molecular complexity index is 1400. The van der Waals surface area contributed by atoms with Crippen LogP contribution >= 0.6 is 0 Å². The van der Waals surface area contributed by atoms with Gasteiger partial charge in [-0.1, -0.05) is 6.92 Å². The Labute approximate surface area is 220 Å². The molecule has 0 saturated carbocycles. The molecule has 1 saturated heterocycles. The van der Waals surface area contributed by atoms with Crippen molar-refractivity contribution in [2.24, 2.45) is 0 Å². The molecule has 1 amide bonds. The highest BCUT2D eigenvalue weighted by Gasteiger charge is 2.52. The number of hydrogen-bond donors (Lipinski definition) is 1. The lowest BCUT2D eigenvalue weighted by Gasteiger charge is -2.41. The van der Waals surface area contributed by atoms with Gasteiger partial charge in [0.25, 0.3) is 5.91 Å². The fourth-order valence-electron chi connectivity index (χ4n) is 6.56. The van der Waals surface area contributed by atoms with Gasteiger partial charge in [-0.25, -0.2) is 4.79 Å². The quantitative estimate of drug-likeness (QED) is 0.604. The molecule has 1 fully saturated rings. The molecule has 0 aliphatic carbocycles. The second kappa shape index (κ2) is 8.65. The van der Waals surface area contributed by atoms with Crippen molar-refractivity contribution < 1.29 is 28.9 Å². The number of amides is 1. The van der Waals surface area contributed by atoms with Crippen LogP contribution in [0, 0.1) is 0 Å². The molecule has 1 N–H and O–H groups in total. The Morgan fingerprint density at radius 1 is 1.08 bits per heavy atom. The van der Waals surface area contributed by atoms with Crippen LogP contribution in [-0.2, 0) is 27.4 Å². The second-order valence-corrected chi connectivity index (χ2v) is 10.9. The molecule has 1 aromatic carbocycles. The second-order valence-electron chi connectivity index (χ2n) is 10.9. The van der Waals surface area contributed by atoms with Gasteiger partial charge in [-0.15, -0.1) is 0 Å². The number of carbonyl (C=O) groups is 2. The third-order valence-corrected chi connectivity index (χ3v) is 8.87. The summed E-state index contributed by atoms with van der Waals surface area (Å²) in [6.07, 6.45) is 0.519. The molecule has 10 nitrogen and oxygen atoms in total. The first-order valence-corrected chi connectivity index (χ1v) is 13.5. The first-order valence-electron chi connectivity index (χ1n) is 13.5. The van der Waals surface area contributed by atoms with E-state index in [1.165, 1.54) is 0 Å². The summed E-state index contributed by atoms with van der Waals surface area (Å²) in [7, 11) is 2.14. The Balaban J connectivity index is 1.36. The first kappa shape index (κ1) is 23.9. The number of nitrogens with zero attached hydrogens (tertiary/aromatic N) is 4. The summed E-state index contributed by atoms with van der Waals surface area (Å²) in [5.74, 6) is 0.535. The van der Waals surface area contributed by atoms with Crippen LogP contribution in [0.15, 0.2) is 23.3 Å². The molecule has 5 aliphatic rings. The molecule has 1 unspecified atom stereocenters. The number of ether oxygens (including phenoxy) is 3. The van der Waals surface area contributed by atoms with Gasteiger partial charge in [0.1, 0.15) is 19.8 Å². The van der Waals surface area contributed by atoms with Crippen LogP contribution in [0.25, 0.3) is 10.9 Å². The topological polar surface area (TPSA) is 105 Å². The molecule has 5 aliphatic heterocycles. The van der Waals surface area contributed by atoms with Crippen molar-refractivity contribution in [1.29, 1.82) is 0 Å². The molecule has 6 heterocycles. The predicted molar refractivity (Wildman–Crippen MR) is 137 cm³/mol. The number of carbonyl (C=O) groups excluding carboxylic acids is 2. The van der Waals surface area contributed by atoms with Crippen LogP contribution in [-0.4, -0.2) is 95.3 Å². The number of benzene rings is 1. The van der Waals surface area contributed by atoms with Crippen molar-refractivity contribution in [3.8, 4) is 11.5 Å². The Hall–Kier alpha value is -3.21. The third-order valence-electron chi connectivity index (χ3n) is 8.87. The minimum atomic E-state index is -1.78. The number of aromatic nitrogens is 1. The van der Waals surface area contributed by atoms with E-state index in [1.807, 2.05) is 17.0 Å². The van der Waals surface area contributed by atoms with Crippen LogP contribution in [0.4, 0.5) is 0 Å². The zero-order valence-electron chi connectivity index (χ0n) is 21.8. The minimum Gasteiger partial charge on any atom is -0.486 e. The van der Waals surface area contributed by atoms with E-state index in [-0.39, 0.29) is 25.0 Å². The van der Waals surface area contributed by atoms with Crippen molar-refractivity contribution in [1.82, 2.24) is 19.7 Å². The van der Waals surface area contributed by atoms with Crippen molar-refractivity contribution in [3.05, 3.63) is 40.1 Å². The van der Waals surface area contributed by atoms with Gasteiger partial charge in [0, 0.05) is 56.3 Å². The number of esters is 1. The third kappa shape index (κ3) is 3.47. The van der Waals surface area contributed by atoms with Crippen LogP contribution in [0.1, 0.15) is 42.6 Å². The number of hydrogen-bond acceptors (Lipinski definition) is 9. The molecule has 200 valence electrons. The molecule has 0 spiro atoms. The number of pyridine rings is 1. The van der Waals surface area contributed by atoms with Crippen LogP contribution in [0.3, 0.4) is 0 Å². The van der Waals surface area contributed by atoms with Crippen LogP contribution in [0.5, 0.6) is 11.5 Å². The summed E-state index contributed by atoms with van der Waals surface area (Å²) in [5.41, 5.74) is 2.97. The highest BCUT2D eigenvalue weighted by atomic mass is 16.6. The average molecular weight is 521 g/mol. The van der Waals surface area contributed by atoms with Crippen molar-refractivity contribution in [2.75, 3.05) is 53.0 Å². The highest BCUT2D eigenvalue weighted by Crippen LogP contribution is 2.49. The fraction of sp³-hybridized carbons (Fsp3) is 0.536. The van der Waals surface area contributed by atoms with E-state index in [4.69, 9.17) is 19.2 Å². The van der Waals surface area contributed by atoms with Gasteiger partial charge in [0.05, 0.1) is 22.8 Å². The van der Waals surface area contributed by atoms with Gasteiger partial charge in [-0.3, -0.25) is 14.7 Å². The molecule has 10 heteroatoms. The minimum absolute atomic E-state index is 0.0974. The largest absolute Gasteiger partial charge is 0.486 e. The summed E-state index contributed by atoms with van der Waals surface area (Å²) in [4.78, 5) is 38.0. The molecule has 38 heavy (non-hydrogen) atoms. The maximum absolute atomic E-state index is 13.7. The zero-order valence-corrected chi connectivity index (χ0v) is 21.8. The van der Waals surface area contributed by atoms with E-state index in [0.29, 0.717) is 43.1 Å². The summed E-state index contributed by atoms with van der Waals surface area (Å²) in [6.45, 7) is 7.76. The lowest BCUT2D eigenvalue weighted by molar-refractivity contribution is -0.165. The number of rotatable bonds is 3. The average Bonchev–Trinajstić information content (AvgIpc) is 3.30. The van der Waals surface area contributed by atoms with Gasteiger partial charge in [0.15, 0.2) is 17.1 Å². The van der Waals surface area contributed by atoms with E-state index >= 15 is 0 Å². The molecule has 0 radical (unpaired) electrons. The Morgan fingerprint density at radius 3 is 2.55 bits per heavy atom. The smallest absolute Gasteiger partial charge is 0.342 e. The summed E-state index contributed by atoms with van der Waals surface area (Å²) >= 11 is 0. The van der Waals surface area contributed by atoms with E-state index in [2.05, 4.69) is 16.8 Å². The number of cyclic esters (lactones) is 1. The summed E-state index contributed by atoms with van der Waals surface area (Å²) < 4.78 is 17.0. The Kier molecular flexibility index (Phi) is 5.44. The van der Waals surface area contributed by atoms with Gasteiger partial charge in [-0.05, 0) is 37.1 Å². The number of aliphatic hydroxyl groups is 1. The molecule has 0 bridgehead atoms. The van der Waals surface area contributed by atoms with E-state index in [9.17, 15) is 14.7 Å². The van der Waals surface area contributed by atoms with E-state index in [1.54, 1.807) is 6.92 Å². The lowest BCUT2D eigenvalue weighted by Crippen LogP contribution is -2.51. The molecule has 2 aromatic rings. The first-order chi connectivity index (χ1) is 18.4. The predicted octanol–water partition coefficient (Wildman–Crippen LogP) is 1.53. The van der Waals surface area contributed by atoms with Gasteiger partial charge >= 0.3 is 5.97 Å². The van der Waals surface area contributed by atoms with Gasteiger partial charge in [-0.2, -0.15) is 0 Å². The Morgan fingerprint density at radius 2 is 1.82 bits per heavy atom. The van der Waals surface area contributed by atoms with Crippen LogP contribution in [0.2, 0.25) is 0 Å². The van der Waals surface area contributed by atoms with Crippen molar-refractivity contribution in [3.63, 3.8) is 0 Å². The number of piperazine rings is 1. The standard InChI is InChI=1S/C28H32N4O6/c1-3-28(35)20-11-22-25-18(14-32(22)26(33)19(20)15-38-27(28)34)17(13-31-6-4-30(2)5-7-31)16-10-23-24(12-21(16)29-25)37-9-8-36-23/h10,12,22,35H,3-9,11,13-15H2,1-2H3/t22?,28-/m0/s1. The van der Waals surface area contributed by atoms with E-state index < -0.39 is 11.6 Å². The fourth-order valence-corrected chi connectivity index (χ4v) is 6.56. The van der Waals surface area contributed by atoms with Crippen molar-refractivity contribution in [2.45, 2.75) is 44.5 Å². The molecule has 7 rings (SSSR count). The SMILES string of the molecule is CC[C@@]1(O)C(=O)OCC2=C1CC1c3nc4cc5c(cc4c(CN4CCN(C)CC4)c3CN1C2=O)OCCO5. The van der Waals surface area contributed by atoms with Gasteiger partial charge < -0.3 is 29.1 Å². The highest BCUT2D eigenvalue weighted by molar-refractivity contribution is 6.01. The normalized spacial score (nSPS) is 27.3. The maximum atomic E-state index is 13.7. The summed E-state index contributed by atoms with van der Waals surface area (Å²) in [6, 6.07) is 3.63.